The van der Waals surface area contributed by atoms with E-state index in [1.54, 1.807) is 0 Å². The summed E-state index contributed by atoms with van der Waals surface area (Å²) in [5.74, 6) is -0.651. The largest absolute Gasteiger partial charge is 0.303 e. The average molecular weight is 210 g/mol. The first kappa shape index (κ1) is 10.3. The Balaban J connectivity index is 2.14. The lowest BCUT2D eigenvalue weighted by Gasteiger charge is -2.09. The second kappa shape index (κ2) is 4.09. The molecule has 1 nitrogen and oxygen atoms in total. The fourth-order valence-corrected chi connectivity index (χ4v) is 1.80. The number of hydrogen-bond donors (Lipinski definition) is 0. The van der Waals surface area contributed by atoms with Crippen molar-refractivity contribution in [1.82, 2.24) is 0 Å². The minimum atomic E-state index is -0.452. The van der Waals surface area contributed by atoms with E-state index < -0.39 is 11.6 Å². The van der Waals surface area contributed by atoms with Gasteiger partial charge >= 0.3 is 0 Å². The third-order valence-corrected chi connectivity index (χ3v) is 2.87. The highest BCUT2D eigenvalue weighted by atomic mass is 19.1. The summed E-state index contributed by atoms with van der Waals surface area (Å²) in [6.07, 6.45) is 3.24. The molecule has 1 aliphatic rings. The number of carbonyl (C=O) groups excluding carboxylic acids is 1. The Bertz CT molecular complexity index is 372. The van der Waals surface area contributed by atoms with Gasteiger partial charge in [0, 0.05) is 5.92 Å². The van der Waals surface area contributed by atoms with E-state index in [2.05, 4.69) is 0 Å². The number of benzene rings is 1. The first-order valence-electron chi connectivity index (χ1n) is 5.10. The maximum Gasteiger partial charge on any atom is 0.126 e. The smallest absolute Gasteiger partial charge is 0.126 e. The van der Waals surface area contributed by atoms with E-state index in [4.69, 9.17) is 0 Å². The Morgan fingerprint density at radius 1 is 1.40 bits per heavy atom. The second-order valence-electron chi connectivity index (χ2n) is 4.08. The van der Waals surface area contributed by atoms with Gasteiger partial charge in [0.1, 0.15) is 17.9 Å². The van der Waals surface area contributed by atoms with Crippen molar-refractivity contribution >= 4 is 6.29 Å². The SMILES string of the molecule is O=CC(Cc1cc(F)ccc1F)C1CC1. The van der Waals surface area contributed by atoms with E-state index in [9.17, 15) is 13.6 Å². The molecule has 0 bridgehead atoms. The Morgan fingerprint density at radius 2 is 2.13 bits per heavy atom. The van der Waals surface area contributed by atoms with Gasteiger partial charge in [-0.05, 0) is 48.9 Å². The van der Waals surface area contributed by atoms with E-state index >= 15 is 0 Å². The Hall–Kier alpha value is -1.25. The molecule has 15 heavy (non-hydrogen) atoms. The zero-order chi connectivity index (χ0) is 10.8. The molecular formula is C12H12F2O. The van der Waals surface area contributed by atoms with E-state index in [1.807, 2.05) is 0 Å². The number of aldehydes is 1. The van der Waals surface area contributed by atoms with Gasteiger partial charge in [-0.1, -0.05) is 0 Å². The maximum absolute atomic E-state index is 13.3. The van der Waals surface area contributed by atoms with E-state index in [0.29, 0.717) is 17.9 Å². The van der Waals surface area contributed by atoms with Gasteiger partial charge in [-0.25, -0.2) is 8.78 Å². The lowest BCUT2D eigenvalue weighted by molar-refractivity contribution is -0.111. The van der Waals surface area contributed by atoms with Crippen LogP contribution in [0.3, 0.4) is 0 Å². The summed E-state index contributed by atoms with van der Waals surface area (Å²) < 4.78 is 26.1. The topological polar surface area (TPSA) is 17.1 Å². The molecule has 0 aliphatic heterocycles. The Labute approximate surface area is 87.1 Å². The molecule has 0 heterocycles. The lowest BCUT2D eigenvalue weighted by Crippen LogP contribution is -2.09. The number of halogens is 2. The van der Waals surface area contributed by atoms with Gasteiger partial charge in [0.05, 0.1) is 0 Å². The number of hydrogen-bond acceptors (Lipinski definition) is 1. The molecule has 80 valence electrons. The van der Waals surface area contributed by atoms with Crippen molar-refractivity contribution in [1.29, 1.82) is 0 Å². The molecule has 0 spiro atoms. The molecule has 3 heteroatoms. The molecule has 1 unspecified atom stereocenters. The fraction of sp³-hybridized carbons (Fsp3) is 0.417. The highest BCUT2D eigenvalue weighted by Gasteiger charge is 2.31. The van der Waals surface area contributed by atoms with E-state index in [-0.39, 0.29) is 5.92 Å². The number of rotatable bonds is 4. The molecule has 1 aromatic rings. The standard InChI is InChI=1S/C12H12F2O/c13-11-3-4-12(14)9(6-11)5-10(7-15)8-1-2-8/h3-4,6-8,10H,1-2,5H2. The predicted octanol–water partition coefficient (Wildman–Crippen LogP) is 2.73. The Kier molecular flexibility index (Phi) is 2.80. The molecule has 0 amide bonds. The van der Waals surface area contributed by atoms with Gasteiger partial charge in [-0.15, -0.1) is 0 Å². The average Bonchev–Trinajstić information content (AvgIpc) is 3.03. The van der Waals surface area contributed by atoms with Crippen LogP contribution in [0.1, 0.15) is 18.4 Å². The predicted molar refractivity (Wildman–Crippen MR) is 52.3 cm³/mol. The number of carbonyl (C=O) groups is 1. The molecule has 1 saturated carbocycles. The van der Waals surface area contributed by atoms with Gasteiger partial charge in [0.15, 0.2) is 0 Å². The van der Waals surface area contributed by atoms with Crippen molar-refractivity contribution in [3.8, 4) is 0 Å². The zero-order valence-corrected chi connectivity index (χ0v) is 8.25. The third-order valence-electron chi connectivity index (χ3n) is 2.87. The van der Waals surface area contributed by atoms with Crippen LogP contribution in [0.2, 0.25) is 0 Å². The zero-order valence-electron chi connectivity index (χ0n) is 8.25. The maximum atomic E-state index is 13.3. The van der Waals surface area contributed by atoms with E-state index in [1.165, 1.54) is 6.07 Å². The minimum Gasteiger partial charge on any atom is -0.303 e. The monoisotopic (exact) mass is 210 g/mol. The third kappa shape index (κ3) is 2.41. The first-order valence-corrected chi connectivity index (χ1v) is 5.10. The van der Waals surface area contributed by atoms with Crippen LogP contribution >= 0.6 is 0 Å². The normalized spacial score (nSPS) is 17.5. The van der Waals surface area contributed by atoms with E-state index in [0.717, 1.165) is 31.3 Å². The van der Waals surface area contributed by atoms with Crippen molar-refractivity contribution in [2.24, 2.45) is 11.8 Å². The van der Waals surface area contributed by atoms with Crippen LogP contribution in [0.25, 0.3) is 0 Å². The summed E-state index contributed by atoms with van der Waals surface area (Å²) in [4.78, 5) is 10.8. The first-order chi connectivity index (χ1) is 7.20. The molecule has 1 atom stereocenters. The summed E-state index contributed by atoms with van der Waals surface area (Å²) in [5, 5.41) is 0. The molecule has 0 saturated heterocycles. The molecule has 1 fully saturated rings. The minimum absolute atomic E-state index is 0.152. The van der Waals surface area contributed by atoms with Crippen molar-refractivity contribution in [2.45, 2.75) is 19.3 Å². The highest BCUT2D eigenvalue weighted by molar-refractivity contribution is 5.55. The van der Waals surface area contributed by atoms with Crippen LogP contribution in [0, 0.1) is 23.5 Å². The molecule has 1 aromatic carbocycles. The second-order valence-corrected chi connectivity index (χ2v) is 4.08. The van der Waals surface area contributed by atoms with Crippen LogP contribution in [0.15, 0.2) is 18.2 Å². The molecule has 0 N–H and O–H groups in total. The van der Waals surface area contributed by atoms with Crippen LogP contribution < -0.4 is 0 Å². The van der Waals surface area contributed by atoms with Crippen molar-refractivity contribution in [3.63, 3.8) is 0 Å². The van der Waals surface area contributed by atoms with Crippen LogP contribution in [-0.2, 0) is 11.2 Å². The quantitative estimate of drug-likeness (QED) is 0.698. The Morgan fingerprint density at radius 3 is 2.73 bits per heavy atom. The molecule has 0 radical (unpaired) electrons. The van der Waals surface area contributed by atoms with Crippen LogP contribution in [0.4, 0.5) is 8.78 Å². The van der Waals surface area contributed by atoms with Gasteiger partial charge in [0.2, 0.25) is 0 Å². The van der Waals surface area contributed by atoms with Crippen molar-refractivity contribution in [2.75, 3.05) is 0 Å². The summed E-state index contributed by atoms with van der Waals surface area (Å²) in [5.41, 5.74) is 0.305. The van der Waals surface area contributed by atoms with Gasteiger partial charge in [-0.2, -0.15) is 0 Å². The summed E-state index contributed by atoms with van der Waals surface area (Å²) in [7, 11) is 0. The van der Waals surface area contributed by atoms with Crippen molar-refractivity contribution in [3.05, 3.63) is 35.4 Å². The molecule has 0 aromatic heterocycles. The summed E-state index contributed by atoms with van der Waals surface area (Å²) in [6, 6.07) is 3.37. The highest BCUT2D eigenvalue weighted by Crippen LogP contribution is 2.37. The van der Waals surface area contributed by atoms with Crippen LogP contribution in [-0.4, -0.2) is 6.29 Å². The summed E-state index contributed by atoms with van der Waals surface area (Å²) >= 11 is 0. The fourth-order valence-electron chi connectivity index (χ4n) is 1.80. The molecule has 1 aliphatic carbocycles. The van der Waals surface area contributed by atoms with Crippen LogP contribution in [0.5, 0.6) is 0 Å². The molecular weight excluding hydrogens is 198 g/mol. The summed E-state index contributed by atoms with van der Waals surface area (Å²) in [6.45, 7) is 0. The van der Waals surface area contributed by atoms with Gasteiger partial charge < -0.3 is 4.79 Å². The van der Waals surface area contributed by atoms with Crippen molar-refractivity contribution < 1.29 is 13.6 Å². The van der Waals surface area contributed by atoms with Gasteiger partial charge in [0.25, 0.3) is 0 Å². The lowest BCUT2D eigenvalue weighted by atomic mass is 9.96. The molecule has 2 rings (SSSR count). The van der Waals surface area contributed by atoms with Gasteiger partial charge in [-0.3, -0.25) is 0 Å².